The first-order valence-corrected chi connectivity index (χ1v) is 9.00. The number of halogens is 2. The molecule has 0 bridgehead atoms. The van der Waals surface area contributed by atoms with Crippen LogP contribution in [0.15, 0.2) is 18.2 Å². The van der Waals surface area contributed by atoms with Gasteiger partial charge in [-0.15, -0.1) is 0 Å². The molecule has 0 aromatic heterocycles. The van der Waals surface area contributed by atoms with Crippen molar-refractivity contribution >= 4 is 41.0 Å². The zero-order valence-corrected chi connectivity index (χ0v) is 15.1. The summed E-state index contributed by atoms with van der Waals surface area (Å²) in [7, 11) is 0. The number of carbonyl (C=O) groups excluding carboxylic acids is 4. The van der Waals surface area contributed by atoms with Gasteiger partial charge in [-0.3, -0.25) is 24.1 Å². The molecule has 0 radical (unpaired) electrons. The molecule has 1 aliphatic heterocycles. The zero-order valence-electron chi connectivity index (χ0n) is 14.4. The topological polar surface area (TPSA) is 92.8 Å². The summed E-state index contributed by atoms with van der Waals surface area (Å²) in [4.78, 5) is 49.3. The quantitative estimate of drug-likeness (QED) is 0.608. The maximum Gasteiger partial charge on any atom is 0.326 e. The second-order valence-corrected chi connectivity index (χ2v) is 7.01. The van der Waals surface area contributed by atoms with E-state index in [9.17, 15) is 23.6 Å². The Hall–Kier alpha value is -2.48. The van der Waals surface area contributed by atoms with Gasteiger partial charge in [0.2, 0.25) is 11.8 Å². The number of fused-ring (bicyclic) bond motifs is 1. The van der Waals surface area contributed by atoms with Crippen LogP contribution in [0.25, 0.3) is 0 Å². The van der Waals surface area contributed by atoms with Crippen molar-refractivity contribution in [3.05, 3.63) is 29.0 Å². The fourth-order valence-electron chi connectivity index (χ4n) is 3.48. The molecule has 9 heteroatoms. The van der Waals surface area contributed by atoms with E-state index in [1.165, 1.54) is 12.1 Å². The SMILES string of the molecule is O=C(COC(=O)CN1C(=O)[C@H]2CCCC[C@@H]2C1=O)Nc1ccc(F)c(Cl)c1. The minimum Gasteiger partial charge on any atom is -0.454 e. The number of hydrogen-bond acceptors (Lipinski definition) is 5. The lowest BCUT2D eigenvalue weighted by Crippen LogP contribution is -2.37. The number of nitrogens with zero attached hydrogens (tertiary/aromatic N) is 1. The third kappa shape index (κ3) is 4.27. The van der Waals surface area contributed by atoms with Crippen molar-refractivity contribution in [2.24, 2.45) is 11.8 Å². The van der Waals surface area contributed by atoms with Gasteiger partial charge in [-0.1, -0.05) is 24.4 Å². The molecule has 0 spiro atoms. The zero-order chi connectivity index (χ0) is 19.6. The largest absolute Gasteiger partial charge is 0.454 e. The molecule has 1 saturated heterocycles. The molecule has 3 rings (SSSR count). The second kappa shape index (κ2) is 8.04. The van der Waals surface area contributed by atoms with E-state index >= 15 is 0 Å². The number of nitrogens with one attached hydrogen (secondary N) is 1. The molecule has 1 aromatic rings. The standard InChI is InChI=1S/C18H18ClFN2O5/c19-13-7-10(5-6-14(13)20)21-15(23)9-27-16(24)8-22-17(25)11-3-1-2-4-12(11)18(22)26/h5-7,11-12H,1-4,8-9H2,(H,21,23)/t11-,12-/m0/s1. The molecule has 27 heavy (non-hydrogen) atoms. The normalized spacial score (nSPS) is 21.8. The monoisotopic (exact) mass is 396 g/mol. The number of rotatable bonds is 5. The van der Waals surface area contributed by atoms with Crippen molar-refractivity contribution in [1.29, 1.82) is 0 Å². The van der Waals surface area contributed by atoms with Gasteiger partial charge in [0.05, 0.1) is 16.9 Å². The molecule has 1 N–H and O–H groups in total. The van der Waals surface area contributed by atoms with Gasteiger partial charge in [0, 0.05) is 5.69 Å². The average molecular weight is 397 g/mol. The third-order valence-electron chi connectivity index (χ3n) is 4.79. The highest BCUT2D eigenvalue weighted by molar-refractivity contribution is 6.31. The summed E-state index contributed by atoms with van der Waals surface area (Å²) in [5, 5.41) is 2.25. The number of likely N-dealkylation sites (tertiary alicyclic amines) is 1. The van der Waals surface area contributed by atoms with Crippen LogP contribution in [-0.2, 0) is 23.9 Å². The molecule has 144 valence electrons. The van der Waals surface area contributed by atoms with Gasteiger partial charge in [0.25, 0.3) is 5.91 Å². The van der Waals surface area contributed by atoms with Gasteiger partial charge >= 0.3 is 5.97 Å². The Bertz CT molecular complexity index is 776. The second-order valence-electron chi connectivity index (χ2n) is 6.60. The molecule has 2 atom stereocenters. The number of anilines is 1. The van der Waals surface area contributed by atoms with E-state index in [1.807, 2.05) is 0 Å². The van der Waals surface area contributed by atoms with E-state index in [0.29, 0.717) is 12.8 Å². The number of carbonyl (C=O) groups is 4. The number of esters is 1. The van der Waals surface area contributed by atoms with Crippen LogP contribution in [0, 0.1) is 17.7 Å². The lowest BCUT2D eigenvalue weighted by Gasteiger charge is -2.19. The van der Waals surface area contributed by atoms with Crippen molar-refractivity contribution < 1.29 is 28.3 Å². The first-order chi connectivity index (χ1) is 12.9. The van der Waals surface area contributed by atoms with E-state index in [4.69, 9.17) is 16.3 Å². The number of hydrogen-bond donors (Lipinski definition) is 1. The lowest BCUT2D eigenvalue weighted by molar-refractivity contribution is -0.154. The van der Waals surface area contributed by atoms with Crippen LogP contribution >= 0.6 is 11.6 Å². The van der Waals surface area contributed by atoms with Crippen LogP contribution in [0.1, 0.15) is 25.7 Å². The van der Waals surface area contributed by atoms with Crippen molar-refractivity contribution in [2.75, 3.05) is 18.5 Å². The van der Waals surface area contributed by atoms with Crippen LogP contribution in [0.2, 0.25) is 5.02 Å². The molecule has 1 saturated carbocycles. The van der Waals surface area contributed by atoms with Gasteiger partial charge in [-0.25, -0.2) is 4.39 Å². The van der Waals surface area contributed by atoms with Crippen LogP contribution in [0.3, 0.4) is 0 Å². The Morgan fingerprint density at radius 1 is 1.19 bits per heavy atom. The molecule has 1 heterocycles. The minimum absolute atomic E-state index is 0.155. The molecule has 1 aromatic carbocycles. The maximum atomic E-state index is 13.1. The molecule has 0 unspecified atom stereocenters. The van der Waals surface area contributed by atoms with Crippen molar-refractivity contribution in [3.8, 4) is 0 Å². The fourth-order valence-corrected chi connectivity index (χ4v) is 3.66. The molecule has 1 aliphatic carbocycles. The van der Waals surface area contributed by atoms with Crippen molar-refractivity contribution in [1.82, 2.24) is 4.90 Å². The number of benzene rings is 1. The summed E-state index contributed by atoms with van der Waals surface area (Å²) < 4.78 is 17.9. The summed E-state index contributed by atoms with van der Waals surface area (Å²) in [6, 6.07) is 3.62. The van der Waals surface area contributed by atoms with E-state index in [-0.39, 0.29) is 34.4 Å². The van der Waals surface area contributed by atoms with Crippen molar-refractivity contribution in [3.63, 3.8) is 0 Å². The highest BCUT2D eigenvalue weighted by Gasteiger charge is 2.48. The summed E-state index contributed by atoms with van der Waals surface area (Å²) in [6.07, 6.45) is 3.10. The lowest BCUT2D eigenvalue weighted by atomic mass is 9.81. The maximum absolute atomic E-state index is 13.1. The van der Waals surface area contributed by atoms with Gasteiger partial charge in [-0.2, -0.15) is 0 Å². The molecule has 7 nitrogen and oxygen atoms in total. The Morgan fingerprint density at radius 3 is 2.41 bits per heavy atom. The smallest absolute Gasteiger partial charge is 0.326 e. The fraction of sp³-hybridized carbons (Fsp3) is 0.444. The van der Waals surface area contributed by atoms with E-state index in [2.05, 4.69) is 5.32 Å². The Balaban J connectivity index is 1.49. The molecule has 2 fully saturated rings. The van der Waals surface area contributed by atoms with Gasteiger partial charge in [0.1, 0.15) is 12.4 Å². The molecule has 2 aliphatic rings. The van der Waals surface area contributed by atoms with Crippen molar-refractivity contribution in [2.45, 2.75) is 25.7 Å². The summed E-state index contributed by atoms with van der Waals surface area (Å²) in [6.45, 7) is -1.10. The highest BCUT2D eigenvalue weighted by Crippen LogP contribution is 2.37. The van der Waals surface area contributed by atoms with Crippen LogP contribution in [0.4, 0.5) is 10.1 Å². The molecule has 3 amide bonds. The summed E-state index contributed by atoms with van der Waals surface area (Å²) in [5.74, 6) is -3.49. The summed E-state index contributed by atoms with van der Waals surface area (Å²) >= 11 is 5.62. The minimum atomic E-state index is -0.845. The van der Waals surface area contributed by atoms with E-state index < -0.39 is 30.8 Å². The number of imide groups is 1. The first-order valence-electron chi connectivity index (χ1n) is 8.62. The van der Waals surface area contributed by atoms with Crippen LogP contribution in [0.5, 0.6) is 0 Å². The average Bonchev–Trinajstić information content (AvgIpc) is 2.88. The van der Waals surface area contributed by atoms with E-state index in [1.54, 1.807) is 0 Å². The van der Waals surface area contributed by atoms with Gasteiger partial charge in [-0.05, 0) is 31.0 Å². The van der Waals surface area contributed by atoms with E-state index in [0.717, 1.165) is 23.8 Å². The van der Waals surface area contributed by atoms with Gasteiger partial charge in [0.15, 0.2) is 6.61 Å². The van der Waals surface area contributed by atoms with Crippen LogP contribution in [-0.4, -0.2) is 41.7 Å². The number of amides is 3. The predicted molar refractivity (Wildman–Crippen MR) is 93.2 cm³/mol. The number of ether oxygens (including phenoxy) is 1. The third-order valence-corrected chi connectivity index (χ3v) is 5.08. The molecular weight excluding hydrogens is 379 g/mol. The Kier molecular flexibility index (Phi) is 5.74. The predicted octanol–water partition coefficient (Wildman–Crippen LogP) is 2.14. The van der Waals surface area contributed by atoms with Gasteiger partial charge < -0.3 is 10.1 Å². The first kappa shape index (κ1) is 19.3. The van der Waals surface area contributed by atoms with Crippen LogP contribution < -0.4 is 5.32 Å². The highest BCUT2D eigenvalue weighted by atomic mass is 35.5. The molecular formula is C18H18ClFN2O5. The Morgan fingerprint density at radius 2 is 1.81 bits per heavy atom. The Labute approximate surface area is 159 Å². The summed E-state index contributed by atoms with van der Waals surface area (Å²) in [5.41, 5.74) is 0.247.